The van der Waals surface area contributed by atoms with E-state index in [0.29, 0.717) is 6.79 Å². The number of pyridine rings is 1. The normalized spacial score (nSPS) is 12.9. The largest absolute Gasteiger partial charge is 0.454 e. The van der Waals surface area contributed by atoms with Gasteiger partial charge >= 0.3 is 0 Å². The molecule has 0 amide bonds. The summed E-state index contributed by atoms with van der Waals surface area (Å²) in [6.45, 7) is 1.23. The molecule has 4 nitrogen and oxygen atoms in total. The highest BCUT2D eigenvalue weighted by Gasteiger charge is 2.15. The SMILES string of the molecule is CSCCCNc1nccc2cc3c(cc12)OCO3. The number of aromatic nitrogens is 1. The Morgan fingerprint density at radius 1 is 1.32 bits per heavy atom. The predicted octanol–water partition coefficient (Wildman–Crippen LogP) is 3.13. The zero-order chi connectivity index (χ0) is 13.1. The number of thioether (sulfide) groups is 1. The van der Waals surface area contributed by atoms with Crippen LogP contribution in [-0.2, 0) is 0 Å². The molecular formula is C14H16N2O2S. The molecule has 2 heterocycles. The van der Waals surface area contributed by atoms with Crippen LogP contribution in [0, 0.1) is 0 Å². The number of hydrogen-bond acceptors (Lipinski definition) is 5. The van der Waals surface area contributed by atoms with Gasteiger partial charge in [0, 0.05) is 18.1 Å². The van der Waals surface area contributed by atoms with Gasteiger partial charge in [0.1, 0.15) is 5.82 Å². The van der Waals surface area contributed by atoms with Crippen LogP contribution < -0.4 is 14.8 Å². The fraction of sp³-hybridized carbons (Fsp3) is 0.357. The van der Waals surface area contributed by atoms with Crippen LogP contribution in [0.3, 0.4) is 0 Å². The molecule has 0 saturated carbocycles. The van der Waals surface area contributed by atoms with Crippen LogP contribution in [0.1, 0.15) is 6.42 Å². The molecule has 1 aromatic heterocycles. The van der Waals surface area contributed by atoms with E-state index in [1.807, 2.05) is 36.2 Å². The standard InChI is InChI=1S/C14H16N2O2S/c1-19-6-2-4-15-14-11-8-13-12(17-9-18-13)7-10(11)3-5-16-14/h3,5,7-8H,2,4,6,9H2,1H3,(H,15,16). The van der Waals surface area contributed by atoms with Gasteiger partial charge in [-0.3, -0.25) is 0 Å². The van der Waals surface area contributed by atoms with Crippen LogP contribution >= 0.6 is 11.8 Å². The van der Waals surface area contributed by atoms with Crippen molar-refractivity contribution >= 4 is 28.4 Å². The van der Waals surface area contributed by atoms with E-state index in [9.17, 15) is 0 Å². The maximum Gasteiger partial charge on any atom is 0.231 e. The molecule has 100 valence electrons. The number of fused-ring (bicyclic) bond motifs is 2. The van der Waals surface area contributed by atoms with E-state index in [4.69, 9.17) is 9.47 Å². The van der Waals surface area contributed by atoms with E-state index in [2.05, 4.69) is 16.6 Å². The van der Waals surface area contributed by atoms with E-state index < -0.39 is 0 Å². The topological polar surface area (TPSA) is 43.4 Å². The molecule has 1 aromatic carbocycles. The number of benzene rings is 1. The van der Waals surface area contributed by atoms with Gasteiger partial charge in [-0.1, -0.05) is 0 Å². The van der Waals surface area contributed by atoms with Crippen LogP contribution in [0.4, 0.5) is 5.82 Å². The third kappa shape index (κ3) is 2.56. The van der Waals surface area contributed by atoms with Crippen molar-refractivity contribution in [2.45, 2.75) is 6.42 Å². The molecular weight excluding hydrogens is 260 g/mol. The average Bonchev–Trinajstić information content (AvgIpc) is 2.88. The summed E-state index contributed by atoms with van der Waals surface area (Å²) in [4.78, 5) is 4.42. The van der Waals surface area contributed by atoms with Crippen molar-refractivity contribution in [3.8, 4) is 11.5 Å². The molecule has 0 fully saturated rings. The average molecular weight is 276 g/mol. The van der Waals surface area contributed by atoms with E-state index in [0.717, 1.165) is 46.8 Å². The maximum absolute atomic E-state index is 5.42. The number of ether oxygens (including phenoxy) is 2. The monoisotopic (exact) mass is 276 g/mol. The Balaban J connectivity index is 1.87. The molecule has 0 spiro atoms. The van der Waals surface area contributed by atoms with E-state index in [1.165, 1.54) is 0 Å². The van der Waals surface area contributed by atoms with Gasteiger partial charge in [0.2, 0.25) is 6.79 Å². The summed E-state index contributed by atoms with van der Waals surface area (Å²) in [5.41, 5.74) is 0. The maximum atomic E-state index is 5.42. The first kappa shape index (κ1) is 12.4. The molecule has 0 unspecified atom stereocenters. The highest BCUT2D eigenvalue weighted by atomic mass is 32.2. The first-order valence-electron chi connectivity index (χ1n) is 6.29. The van der Waals surface area contributed by atoms with Crippen molar-refractivity contribution in [2.75, 3.05) is 30.7 Å². The Labute approximate surface area is 116 Å². The van der Waals surface area contributed by atoms with Crippen molar-refractivity contribution in [1.29, 1.82) is 0 Å². The van der Waals surface area contributed by atoms with Crippen LogP contribution in [0.2, 0.25) is 0 Å². The zero-order valence-electron chi connectivity index (χ0n) is 10.8. The Morgan fingerprint density at radius 2 is 2.16 bits per heavy atom. The summed E-state index contributed by atoms with van der Waals surface area (Å²) in [5.74, 6) is 3.68. The third-order valence-corrected chi connectivity index (χ3v) is 3.77. The first-order valence-corrected chi connectivity index (χ1v) is 7.69. The molecule has 1 aliphatic rings. The number of nitrogens with zero attached hydrogens (tertiary/aromatic N) is 1. The minimum atomic E-state index is 0.301. The van der Waals surface area contributed by atoms with Crippen molar-refractivity contribution in [3.63, 3.8) is 0 Å². The van der Waals surface area contributed by atoms with Crippen molar-refractivity contribution in [3.05, 3.63) is 24.4 Å². The molecule has 1 N–H and O–H groups in total. The van der Waals surface area contributed by atoms with Crippen molar-refractivity contribution < 1.29 is 9.47 Å². The highest BCUT2D eigenvalue weighted by Crippen LogP contribution is 2.37. The molecule has 0 radical (unpaired) electrons. The summed E-state index contributed by atoms with van der Waals surface area (Å²) in [5, 5.41) is 5.59. The van der Waals surface area contributed by atoms with Gasteiger partial charge in [0.15, 0.2) is 11.5 Å². The zero-order valence-corrected chi connectivity index (χ0v) is 11.6. The van der Waals surface area contributed by atoms with Crippen LogP contribution in [0.5, 0.6) is 11.5 Å². The van der Waals surface area contributed by atoms with Crippen LogP contribution in [-0.4, -0.2) is 30.3 Å². The van der Waals surface area contributed by atoms with Crippen molar-refractivity contribution in [2.24, 2.45) is 0 Å². The summed E-state index contributed by atoms with van der Waals surface area (Å²) < 4.78 is 10.8. The number of anilines is 1. The number of rotatable bonds is 5. The van der Waals surface area contributed by atoms with Gasteiger partial charge in [-0.15, -0.1) is 0 Å². The van der Waals surface area contributed by atoms with Gasteiger partial charge < -0.3 is 14.8 Å². The summed E-state index contributed by atoms with van der Waals surface area (Å²) in [6, 6.07) is 6.00. The summed E-state index contributed by atoms with van der Waals surface area (Å²) in [6.07, 6.45) is 5.07. The third-order valence-electron chi connectivity index (χ3n) is 3.08. The molecule has 0 atom stereocenters. The summed E-state index contributed by atoms with van der Waals surface area (Å²) >= 11 is 1.86. The molecule has 1 aliphatic heterocycles. The fourth-order valence-electron chi connectivity index (χ4n) is 2.13. The Bertz CT molecular complexity index is 589. The predicted molar refractivity (Wildman–Crippen MR) is 79.4 cm³/mol. The van der Waals surface area contributed by atoms with Crippen LogP contribution in [0.15, 0.2) is 24.4 Å². The van der Waals surface area contributed by atoms with Gasteiger partial charge in [0.25, 0.3) is 0 Å². The molecule has 0 aliphatic carbocycles. The second-order valence-corrected chi connectivity index (χ2v) is 5.34. The lowest BCUT2D eigenvalue weighted by molar-refractivity contribution is 0.174. The Morgan fingerprint density at radius 3 is 3.00 bits per heavy atom. The van der Waals surface area contributed by atoms with Gasteiger partial charge in [-0.2, -0.15) is 11.8 Å². The molecule has 0 saturated heterocycles. The smallest absolute Gasteiger partial charge is 0.231 e. The van der Waals surface area contributed by atoms with E-state index in [-0.39, 0.29) is 0 Å². The Kier molecular flexibility index (Phi) is 3.64. The lowest BCUT2D eigenvalue weighted by Gasteiger charge is -2.09. The number of nitrogens with one attached hydrogen (secondary N) is 1. The molecule has 5 heteroatoms. The second kappa shape index (κ2) is 5.57. The fourth-order valence-corrected chi connectivity index (χ4v) is 2.56. The van der Waals surface area contributed by atoms with Gasteiger partial charge in [-0.05, 0) is 42.0 Å². The molecule has 0 bridgehead atoms. The molecule has 19 heavy (non-hydrogen) atoms. The minimum Gasteiger partial charge on any atom is -0.454 e. The van der Waals surface area contributed by atoms with E-state index in [1.54, 1.807) is 0 Å². The Hall–Kier alpha value is -1.62. The number of hydrogen-bond donors (Lipinski definition) is 1. The van der Waals surface area contributed by atoms with E-state index >= 15 is 0 Å². The quantitative estimate of drug-likeness (QED) is 0.850. The van der Waals surface area contributed by atoms with Gasteiger partial charge in [0.05, 0.1) is 0 Å². The molecule has 3 rings (SSSR count). The second-order valence-electron chi connectivity index (χ2n) is 4.36. The van der Waals surface area contributed by atoms with Crippen LogP contribution in [0.25, 0.3) is 10.8 Å². The minimum absolute atomic E-state index is 0.301. The molecule has 2 aromatic rings. The summed E-state index contributed by atoms with van der Waals surface area (Å²) in [7, 11) is 0. The lowest BCUT2D eigenvalue weighted by Crippen LogP contribution is -2.04. The first-order chi connectivity index (χ1) is 9.38. The highest BCUT2D eigenvalue weighted by molar-refractivity contribution is 7.98. The van der Waals surface area contributed by atoms with Gasteiger partial charge in [-0.25, -0.2) is 4.98 Å². The van der Waals surface area contributed by atoms with Crippen molar-refractivity contribution in [1.82, 2.24) is 4.98 Å². The lowest BCUT2D eigenvalue weighted by atomic mass is 10.1.